The average Bonchev–Trinajstić information content (AvgIpc) is 3.11. The molecule has 1 aromatic heterocycles. The molecule has 1 amide bonds. The lowest BCUT2D eigenvalue weighted by molar-refractivity contribution is 0.0976. The van der Waals surface area contributed by atoms with E-state index >= 15 is 0 Å². The average molecular weight is 301 g/mol. The number of anilines is 1. The number of tetrazole rings is 1. The molecule has 2 heterocycles. The number of aromatic nitrogens is 4. The summed E-state index contributed by atoms with van der Waals surface area (Å²) in [5, 5.41) is 21.5. The van der Waals surface area contributed by atoms with Gasteiger partial charge in [-0.05, 0) is 37.6 Å². The van der Waals surface area contributed by atoms with Crippen LogP contribution in [0.4, 0.5) is 5.69 Å². The number of aliphatic hydroxyl groups excluding tert-OH is 1. The van der Waals surface area contributed by atoms with Gasteiger partial charge in [0, 0.05) is 18.2 Å². The maximum Gasteiger partial charge on any atom is 0.299 e. The van der Waals surface area contributed by atoms with Crippen LogP contribution in [0.15, 0.2) is 24.3 Å². The molecule has 1 atom stereocenters. The standard InChI is InChI=1S/C15H19N5O2/c1-15(2,3)20-17-13(16-18-20)14(22)19-8-10(9-21)11-6-4-5-7-12(11)19/h4-7,10,21H,8-9H2,1-3H3. The third-order valence-electron chi connectivity index (χ3n) is 3.74. The van der Waals surface area contributed by atoms with Crippen LogP contribution >= 0.6 is 0 Å². The highest BCUT2D eigenvalue weighted by Crippen LogP contribution is 2.36. The van der Waals surface area contributed by atoms with Gasteiger partial charge in [0.2, 0.25) is 0 Å². The van der Waals surface area contributed by atoms with Gasteiger partial charge in [0.15, 0.2) is 0 Å². The molecule has 0 saturated heterocycles. The molecule has 1 aliphatic rings. The number of hydrogen-bond acceptors (Lipinski definition) is 5. The van der Waals surface area contributed by atoms with Gasteiger partial charge < -0.3 is 10.0 Å². The van der Waals surface area contributed by atoms with Gasteiger partial charge in [-0.3, -0.25) is 4.79 Å². The van der Waals surface area contributed by atoms with Crippen molar-refractivity contribution in [1.29, 1.82) is 0 Å². The van der Waals surface area contributed by atoms with E-state index in [4.69, 9.17) is 0 Å². The maximum atomic E-state index is 12.7. The Labute approximate surface area is 128 Å². The SMILES string of the molecule is CC(C)(C)n1nnc(C(=O)N2CC(CO)c3ccccc32)n1. The van der Waals surface area contributed by atoms with E-state index in [1.54, 1.807) is 4.90 Å². The maximum absolute atomic E-state index is 12.7. The van der Waals surface area contributed by atoms with E-state index in [0.29, 0.717) is 6.54 Å². The Bertz CT molecular complexity index is 704. The van der Waals surface area contributed by atoms with Crippen molar-refractivity contribution >= 4 is 11.6 Å². The molecule has 3 rings (SSSR count). The molecule has 2 aromatic rings. The summed E-state index contributed by atoms with van der Waals surface area (Å²) < 4.78 is 0. The second kappa shape index (κ2) is 5.17. The Morgan fingerprint density at radius 3 is 2.73 bits per heavy atom. The molecule has 0 bridgehead atoms. The first-order valence-corrected chi connectivity index (χ1v) is 7.24. The lowest BCUT2D eigenvalue weighted by Crippen LogP contribution is -2.32. The van der Waals surface area contributed by atoms with Crippen LogP contribution in [-0.4, -0.2) is 44.4 Å². The van der Waals surface area contributed by atoms with Crippen molar-refractivity contribution in [3.8, 4) is 0 Å². The summed E-state index contributed by atoms with van der Waals surface area (Å²) in [5.74, 6) is -0.292. The smallest absolute Gasteiger partial charge is 0.299 e. The first-order valence-electron chi connectivity index (χ1n) is 7.24. The molecule has 116 valence electrons. The number of rotatable bonds is 2. The van der Waals surface area contributed by atoms with Crippen LogP contribution in [0.3, 0.4) is 0 Å². The van der Waals surface area contributed by atoms with Crippen molar-refractivity contribution in [1.82, 2.24) is 20.2 Å². The molecule has 7 nitrogen and oxygen atoms in total. The van der Waals surface area contributed by atoms with Crippen LogP contribution < -0.4 is 4.90 Å². The minimum atomic E-state index is -0.331. The number of benzene rings is 1. The zero-order valence-electron chi connectivity index (χ0n) is 12.9. The van der Waals surface area contributed by atoms with Crippen molar-refractivity contribution in [3.63, 3.8) is 0 Å². The largest absolute Gasteiger partial charge is 0.396 e. The highest BCUT2D eigenvalue weighted by atomic mass is 16.3. The fourth-order valence-electron chi connectivity index (χ4n) is 2.55. The van der Waals surface area contributed by atoms with E-state index in [0.717, 1.165) is 11.3 Å². The molecule has 0 saturated carbocycles. The van der Waals surface area contributed by atoms with Gasteiger partial charge in [-0.15, -0.1) is 10.2 Å². The minimum absolute atomic E-state index is 0.00288. The number of hydrogen-bond donors (Lipinski definition) is 1. The zero-order valence-corrected chi connectivity index (χ0v) is 12.9. The van der Waals surface area contributed by atoms with E-state index in [2.05, 4.69) is 15.4 Å². The van der Waals surface area contributed by atoms with E-state index in [1.165, 1.54) is 4.80 Å². The third-order valence-corrected chi connectivity index (χ3v) is 3.74. The molecule has 1 unspecified atom stereocenters. The molecule has 1 N–H and O–H groups in total. The molecule has 0 radical (unpaired) electrons. The summed E-state index contributed by atoms with van der Waals surface area (Å²) in [4.78, 5) is 15.7. The zero-order chi connectivity index (χ0) is 15.9. The van der Waals surface area contributed by atoms with Crippen molar-refractivity contribution in [2.24, 2.45) is 0 Å². The summed E-state index contributed by atoms with van der Waals surface area (Å²) in [6, 6.07) is 7.59. The van der Waals surface area contributed by atoms with Crippen LogP contribution in [0.1, 0.15) is 42.9 Å². The van der Waals surface area contributed by atoms with E-state index in [-0.39, 0.29) is 29.8 Å². The number of para-hydroxylation sites is 1. The van der Waals surface area contributed by atoms with Gasteiger partial charge in [0.25, 0.3) is 11.7 Å². The van der Waals surface area contributed by atoms with E-state index in [9.17, 15) is 9.90 Å². The fourth-order valence-corrected chi connectivity index (χ4v) is 2.55. The minimum Gasteiger partial charge on any atom is -0.396 e. The molecule has 22 heavy (non-hydrogen) atoms. The van der Waals surface area contributed by atoms with E-state index in [1.807, 2.05) is 45.0 Å². The molecular weight excluding hydrogens is 282 g/mol. The second-order valence-corrected chi connectivity index (χ2v) is 6.43. The van der Waals surface area contributed by atoms with Gasteiger partial charge in [-0.25, -0.2) is 0 Å². The monoisotopic (exact) mass is 301 g/mol. The number of carbonyl (C=O) groups excluding carboxylic acids is 1. The summed E-state index contributed by atoms with van der Waals surface area (Å²) >= 11 is 0. The number of aliphatic hydroxyl groups is 1. The normalized spacial score (nSPS) is 17.6. The fraction of sp³-hybridized carbons (Fsp3) is 0.467. The molecule has 0 aliphatic carbocycles. The molecule has 0 spiro atoms. The Morgan fingerprint density at radius 1 is 1.36 bits per heavy atom. The summed E-state index contributed by atoms with van der Waals surface area (Å²) in [6.45, 7) is 6.25. The summed E-state index contributed by atoms with van der Waals surface area (Å²) in [7, 11) is 0. The molecule has 1 aliphatic heterocycles. The van der Waals surface area contributed by atoms with Crippen LogP contribution in [0, 0.1) is 0 Å². The van der Waals surface area contributed by atoms with E-state index < -0.39 is 0 Å². The van der Waals surface area contributed by atoms with Crippen LogP contribution in [-0.2, 0) is 5.54 Å². The molecular formula is C15H19N5O2. The number of nitrogens with zero attached hydrogens (tertiary/aromatic N) is 5. The first-order chi connectivity index (χ1) is 10.4. The van der Waals surface area contributed by atoms with Crippen LogP contribution in [0.5, 0.6) is 0 Å². The predicted octanol–water partition coefficient (Wildman–Crippen LogP) is 1.16. The lowest BCUT2D eigenvalue weighted by Gasteiger charge is -2.16. The molecule has 0 fully saturated rings. The van der Waals surface area contributed by atoms with Crippen molar-refractivity contribution in [2.45, 2.75) is 32.2 Å². The molecule has 7 heteroatoms. The number of carbonyl (C=O) groups is 1. The van der Waals surface area contributed by atoms with Crippen LogP contribution in [0.25, 0.3) is 0 Å². The van der Waals surface area contributed by atoms with Gasteiger partial charge in [-0.2, -0.15) is 4.80 Å². The van der Waals surface area contributed by atoms with Crippen molar-refractivity contribution < 1.29 is 9.90 Å². The van der Waals surface area contributed by atoms with Crippen molar-refractivity contribution in [3.05, 3.63) is 35.7 Å². The van der Waals surface area contributed by atoms with Gasteiger partial charge in [0.05, 0.1) is 12.1 Å². The van der Waals surface area contributed by atoms with Crippen LogP contribution in [0.2, 0.25) is 0 Å². The van der Waals surface area contributed by atoms with Gasteiger partial charge >= 0.3 is 0 Å². The Hall–Kier alpha value is -2.28. The number of amides is 1. The lowest BCUT2D eigenvalue weighted by atomic mass is 10.0. The molecule has 1 aromatic carbocycles. The predicted molar refractivity (Wildman–Crippen MR) is 80.8 cm³/mol. The topological polar surface area (TPSA) is 84.1 Å². The Morgan fingerprint density at radius 2 is 2.09 bits per heavy atom. The first kappa shape index (κ1) is 14.6. The van der Waals surface area contributed by atoms with Gasteiger partial charge in [-0.1, -0.05) is 18.2 Å². The number of fused-ring (bicyclic) bond motifs is 1. The highest BCUT2D eigenvalue weighted by Gasteiger charge is 2.34. The van der Waals surface area contributed by atoms with Crippen molar-refractivity contribution in [2.75, 3.05) is 18.1 Å². The quantitative estimate of drug-likeness (QED) is 0.900. The Kier molecular flexibility index (Phi) is 3.44. The summed E-state index contributed by atoms with van der Waals surface area (Å²) in [6.07, 6.45) is 0. The summed E-state index contributed by atoms with van der Waals surface area (Å²) in [5.41, 5.74) is 1.45. The highest BCUT2D eigenvalue weighted by molar-refractivity contribution is 6.05. The van der Waals surface area contributed by atoms with Gasteiger partial charge in [0.1, 0.15) is 0 Å². The Balaban J connectivity index is 1.92. The second-order valence-electron chi connectivity index (χ2n) is 6.43. The third kappa shape index (κ3) is 2.37.